The molecule has 38 heavy (non-hydrogen) atoms. The Labute approximate surface area is 216 Å². The van der Waals surface area contributed by atoms with Crippen molar-refractivity contribution < 1.29 is 0 Å². The molecule has 9 aromatic rings. The summed E-state index contributed by atoms with van der Waals surface area (Å²) in [5.41, 5.74) is 1.37. The van der Waals surface area contributed by atoms with Crippen LogP contribution in [0.4, 0.5) is 0 Å². The van der Waals surface area contributed by atoms with E-state index in [2.05, 4.69) is 84.9 Å². The molecule has 0 unspecified atom stereocenters. The van der Waals surface area contributed by atoms with Crippen molar-refractivity contribution >= 4 is 86.2 Å². The zero-order valence-corrected chi connectivity index (χ0v) is 20.1. The normalized spacial score (nSPS) is 12.2. The van der Waals surface area contributed by atoms with Crippen LogP contribution in [0, 0.1) is 22.7 Å². The van der Waals surface area contributed by atoms with Gasteiger partial charge in [-0.3, -0.25) is 0 Å². The highest BCUT2D eigenvalue weighted by atomic mass is 14.3. The minimum Gasteiger partial charge on any atom is -0.192 e. The molecule has 0 aliphatic carbocycles. The fourth-order valence-corrected chi connectivity index (χ4v) is 6.93. The Bertz CT molecular complexity index is 2570. The van der Waals surface area contributed by atoms with Gasteiger partial charge in [0.15, 0.2) is 0 Å². The van der Waals surface area contributed by atoms with E-state index in [1.165, 1.54) is 70.0 Å². The van der Waals surface area contributed by atoms with Gasteiger partial charge in [-0.15, -0.1) is 0 Å². The average Bonchev–Trinajstić information content (AvgIpc) is 3.45. The first-order chi connectivity index (χ1) is 18.7. The summed E-state index contributed by atoms with van der Waals surface area (Å²) < 4.78 is 0. The van der Waals surface area contributed by atoms with Crippen LogP contribution >= 0.6 is 0 Å². The number of nitrogens with zero attached hydrogens (tertiary/aromatic N) is 2. The Kier molecular flexibility index (Phi) is 3.45. The molecule has 0 spiro atoms. The van der Waals surface area contributed by atoms with Gasteiger partial charge in [0.25, 0.3) is 0 Å². The van der Waals surface area contributed by atoms with Crippen LogP contribution in [0.3, 0.4) is 0 Å². The number of benzene rings is 7. The highest BCUT2D eigenvalue weighted by molar-refractivity contribution is 6.41. The van der Waals surface area contributed by atoms with Crippen molar-refractivity contribution in [1.29, 1.82) is 10.5 Å². The highest BCUT2D eigenvalue weighted by Gasteiger charge is 2.19. The maximum Gasteiger partial charge on any atom is 0.0991 e. The number of hydrogen-bond donors (Lipinski definition) is 0. The first kappa shape index (κ1) is 19.7. The van der Waals surface area contributed by atoms with Gasteiger partial charge in [0.2, 0.25) is 0 Å². The van der Waals surface area contributed by atoms with Crippen LogP contribution < -0.4 is 0 Å². The molecular weight excluding hydrogens is 460 g/mol. The van der Waals surface area contributed by atoms with Gasteiger partial charge in [-0.05, 0) is 135 Å². The second-order valence-electron chi connectivity index (χ2n) is 10.3. The van der Waals surface area contributed by atoms with E-state index in [0.29, 0.717) is 11.1 Å². The highest BCUT2D eigenvalue weighted by Crippen LogP contribution is 2.47. The van der Waals surface area contributed by atoms with Crippen LogP contribution in [-0.4, -0.2) is 0 Å². The summed E-state index contributed by atoms with van der Waals surface area (Å²) in [6.07, 6.45) is 0. The molecule has 0 radical (unpaired) electrons. The summed E-state index contributed by atoms with van der Waals surface area (Å²) in [5.74, 6) is 0. The van der Waals surface area contributed by atoms with Gasteiger partial charge in [-0.1, -0.05) is 48.5 Å². The lowest BCUT2D eigenvalue weighted by atomic mass is 9.93. The molecule has 9 rings (SSSR count). The zero-order chi connectivity index (χ0) is 25.1. The Balaban J connectivity index is 1.53. The molecule has 170 valence electrons. The molecule has 0 atom stereocenters. The van der Waals surface area contributed by atoms with Gasteiger partial charge in [0.1, 0.15) is 0 Å². The second kappa shape index (κ2) is 6.65. The molecular formula is C36H16N2. The molecule has 0 fully saturated rings. The third-order valence-electron chi connectivity index (χ3n) is 8.53. The largest absolute Gasteiger partial charge is 0.192 e. The molecule has 2 heteroatoms. The topological polar surface area (TPSA) is 47.6 Å². The first-order valence-electron chi connectivity index (χ1n) is 12.7. The fraction of sp³-hybridized carbons (Fsp3) is 0. The van der Waals surface area contributed by atoms with Crippen molar-refractivity contribution in [1.82, 2.24) is 0 Å². The van der Waals surface area contributed by atoms with Crippen molar-refractivity contribution in [3.8, 4) is 12.1 Å². The molecule has 0 bridgehead atoms. The smallest absolute Gasteiger partial charge is 0.0991 e. The van der Waals surface area contributed by atoms with Gasteiger partial charge >= 0.3 is 0 Å². The van der Waals surface area contributed by atoms with E-state index < -0.39 is 0 Å². The van der Waals surface area contributed by atoms with Crippen LogP contribution in [-0.2, 0) is 0 Å². The predicted octanol–water partition coefficient (Wildman–Crippen LogP) is 9.53. The van der Waals surface area contributed by atoms with E-state index in [4.69, 9.17) is 0 Å². The monoisotopic (exact) mass is 476 g/mol. The molecule has 0 saturated heterocycles. The Morgan fingerprint density at radius 3 is 1.45 bits per heavy atom. The van der Waals surface area contributed by atoms with E-state index in [1.807, 2.05) is 24.3 Å². The molecule has 0 aliphatic heterocycles. The van der Waals surface area contributed by atoms with E-state index in [9.17, 15) is 10.5 Å². The lowest BCUT2D eigenvalue weighted by Crippen LogP contribution is -1.82. The van der Waals surface area contributed by atoms with Crippen molar-refractivity contribution in [3.63, 3.8) is 0 Å². The molecule has 0 saturated carbocycles. The first-order valence-corrected chi connectivity index (χ1v) is 12.7. The van der Waals surface area contributed by atoms with Gasteiger partial charge in [0.05, 0.1) is 23.3 Å². The number of hydrogen-bond acceptors (Lipinski definition) is 2. The molecule has 0 aliphatic rings. The Morgan fingerprint density at radius 1 is 0.342 bits per heavy atom. The third-order valence-corrected chi connectivity index (χ3v) is 8.53. The van der Waals surface area contributed by atoms with Crippen molar-refractivity contribution in [3.05, 3.63) is 108 Å². The zero-order valence-electron chi connectivity index (χ0n) is 20.1. The molecule has 2 nitrogen and oxygen atoms in total. The maximum atomic E-state index is 9.52. The maximum absolute atomic E-state index is 9.52. The van der Waals surface area contributed by atoms with Crippen LogP contribution in [0.2, 0.25) is 0 Å². The summed E-state index contributed by atoms with van der Waals surface area (Å²) in [4.78, 5) is 0. The summed E-state index contributed by atoms with van der Waals surface area (Å²) in [6.45, 7) is 0. The quantitative estimate of drug-likeness (QED) is 0.205. The Morgan fingerprint density at radius 2 is 0.816 bits per heavy atom. The van der Waals surface area contributed by atoms with Gasteiger partial charge in [0, 0.05) is 0 Å². The lowest BCUT2D eigenvalue weighted by Gasteiger charge is -2.10. The summed E-state index contributed by atoms with van der Waals surface area (Å²) in [6, 6.07) is 39.0. The van der Waals surface area contributed by atoms with Crippen molar-refractivity contribution in [2.75, 3.05) is 0 Å². The minimum absolute atomic E-state index is 0.684. The number of fused-ring (bicyclic) bond motifs is 10. The predicted molar refractivity (Wildman–Crippen MR) is 158 cm³/mol. The van der Waals surface area contributed by atoms with Crippen LogP contribution in [0.25, 0.3) is 86.2 Å². The van der Waals surface area contributed by atoms with Crippen LogP contribution in [0.5, 0.6) is 0 Å². The minimum atomic E-state index is 0.684. The SMILES string of the molecule is N#Cc1ccc2cc3c(cc2c1)c1cccc2c4cc5c6ccc(C#N)cc6c6cccc(c4cc3c12)c65. The van der Waals surface area contributed by atoms with Crippen molar-refractivity contribution in [2.24, 2.45) is 0 Å². The third kappa shape index (κ3) is 2.27. The van der Waals surface area contributed by atoms with Gasteiger partial charge < -0.3 is 0 Å². The molecule has 0 heterocycles. The van der Waals surface area contributed by atoms with E-state index >= 15 is 0 Å². The Hall–Kier alpha value is -5.44. The summed E-state index contributed by atoms with van der Waals surface area (Å²) in [7, 11) is 0. The average molecular weight is 477 g/mol. The standard InChI is InChI=1S/C36H16N2/c37-17-19-7-9-21-13-30-29(14-22(21)11-19)25-4-2-6-27-31-15-33-23-10-8-20(18-38)12-28(23)24-3-1-5-26(35(24)33)32(31)16-34(30)36(25)27/h1-16H. The van der Waals surface area contributed by atoms with Gasteiger partial charge in [-0.2, -0.15) is 10.5 Å². The lowest BCUT2D eigenvalue weighted by molar-refractivity contribution is 1.50. The van der Waals surface area contributed by atoms with Gasteiger partial charge in [-0.25, -0.2) is 0 Å². The molecule has 9 aromatic carbocycles. The van der Waals surface area contributed by atoms with E-state index in [0.717, 1.165) is 16.2 Å². The number of rotatable bonds is 0. The summed E-state index contributed by atoms with van der Waals surface area (Å²) >= 11 is 0. The van der Waals surface area contributed by atoms with E-state index in [1.54, 1.807) is 0 Å². The summed E-state index contributed by atoms with van der Waals surface area (Å²) in [5, 5.41) is 38.6. The molecule has 0 amide bonds. The van der Waals surface area contributed by atoms with Crippen molar-refractivity contribution in [2.45, 2.75) is 0 Å². The number of nitriles is 2. The van der Waals surface area contributed by atoms with Crippen LogP contribution in [0.15, 0.2) is 97.1 Å². The molecule has 0 aromatic heterocycles. The second-order valence-corrected chi connectivity index (χ2v) is 10.3. The van der Waals surface area contributed by atoms with Crippen LogP contribution in [0.1, 0.15) is 11.1 Å². The van der Waals surface area contributed by atoms with E-state index in [-0.39, 0.29) is 0 Å². The molecule has 0 N–H and O–H groups in total. The fourth-order valence-electron chi connectivity index (χ4n) is 6.93.